The quantitative estimate of drug-likeness (QED) is 0.259. The number of hydrogen-bond acceptors (Lipinski definition) is 7. The Labute approximate surface area is 157 Å². The summed E-state index contributed by atoms with van der Waals surface area (Å²) in [7, 11) is 0. The second-order valence-corrected chi connectivity index (χ2v) is 5.02. The molecule has 3 N–H and O–H groups in total. The first-order valence-electron chi connectivity index (χ1n) is 8.34. The molecule has 0 atom stereocenters. The van der Waals surface area contributed by atoms with Gasteiger partial charge in [0.15, 0.2) is 0 Å². The highest BCUT2D eigenvalue weighted by Gasteiger charge is 2.10. The Morgan fingerprint density at radius 3 is 2.33 bits per heavy atom. The molecule has 1 aromatic carbocycles. The predicted molar refractivity (Wildman–Crippen MR) is 97.8 cm³/mol. The maximum Gasteiger partial charge on any atom is 0.407 e. The molecule has 0 fully saturated rings. The van der Waals surface area contributed by atoms with Crippen LogP contribution in [0.1, 0.15) is 24.2 Å². The Morgan fingerprint density at radius 1 is 1.07 bits per heavy atom. The normalized spacial score (nSPS) is 10.3. The topological polar surface area (TPSA) is 130 Å². The fourth-order valence-electron chi connectivity index (χ4n) is 1.84. The third kappa shape index (κ3) is 7.92. The van der Waals surface area contributed by atoms with Gasteiger partial charge in [-0.3, -0.25) is 4.79 Å². The molecule has 0 saturated heterocycles. The van der Waals surface area contributed by atoms with Gasteiger partial charge < -0.3 is 25.4 Å². The summed E-state index contributed by atoms with van der Waals surface area (Å²) in [6.07, 6.45) is 0.725. The SMILES string of the molecule is CCOC(=O)NCCN/C=C(/C#N)C(=O)Nc1ccc(C(=O)OCC)cc1. The Bertz CT molecular complexity index is 722. The third-order valence-corrected chi connectivity index (χ3v) is 3.08. The lowest BCUT2D eigenvalue weighted by atomic mass is 10.2. The van der Waals surface area contributed by atoms with E-state index in [0.29, 0.717) is 17.8 Å². The highest BCUT2D eigenvalue weighted by Crippen LogP contribution is 2.11. The van der Waals surface area contributed by atoms with Crippen molar-refractivity contribution in [2.24, 2.45) is 0 Å². The molecule has 0 heterocycles. The van der Waals surface area contributed by atoms with E-state index in [1.165, 1.54) is 30.5 Å². The van der Waals surface area contributed by atoms with Crippen LogP contribution in [0.15, 0.2) is 36.0 Å². The number of nitrogens with one attached hydrogen (secondary N) is 3. The van der Waals surface area contributed by atoms with Gasteiger partial charge in [0.25, 0.3) is 5.91 Å². The number of esters is 1. The second-order valence-electron chi connectivity index (χ2n) is 5.02. The summed E-state index contributed by atoms with van der Waals surface area (Å²) in [4.78, 5) is 34.8. The van der Waals surface area contributed by atoms with Gasteiger partial charge in [0.05, 0.1) is 18.8 Å². The zero-order chi connectivity index (χ0) is 20.1. The number of nitriles is 1. The first-order chi connectivity index (χ1) is 13.0. The number of hydrogen-bond donors (Lipinski definition) is 3. The number of nitrogens with zero attached hydrogens (tertiary/aromatic N) is 1. The minimum atomic E-state index is -0.604. The molecule has 9 heteroatoms. The van der Waals surface area contributed by atoms with Crippen LogP contribution >= 0.6 is 0 Å². The van der Waals surface area contributed by atoms with Crippen LogP contribution in [-0.2, 0) is 14.3 Å². The Kier molecular flexibility index (Phi) is 9.49. The molecular formula is C18H22N4O5. The number of rotatable bonds is 9. The van der Waals surface area contributed by atoms with Gasteiger partial charge >= 0.3 is 12.1 Å². The fraction of sp³-hybridized carbons (Fsp3) is 0.333. The third-order valence-electron chi connectivity index (χ3n) is 3.08. The summed E-state index contributed by atoms with van der Waals surface area (Å²) in [5.41, 5.74) is 0.653. The zero-order valence-corrected chi connectivity index (χ0v) is 15.2. The molecule has 0 unspecified atom stereocenters. The minimum absolute atomic E-state index is 0.138. The van der Waals surface area contributed by atoms with Gasteiger partial charge in [-0.1, -0.05) is 0 Å². The van der Waals surface area contributed by atoms with Crippen LogP contribution in [0.3, 0.4) is 0 Å². The van der Waals surface area contributed by atoms with Gasteiger partial charge in [-0.05, 0) is 38.1 Å². The monoisotopic (exact) mass is 374 g/mol. The van der Waals surface area contributed by atoms with Crippen molar-refractivity contribution in [3.8, 4) is 6.07 Å². The second kappa shape index (κ2) is 11.9. The summed E-state index contributed by atoms with van der Waals surface area (Å²) in [5, 5.41) is 16.9. The average molecular weight is 374 g/mol. The van der Waals surface area contributed by atoms with E-state index in [2.05, 4.69) is 16.0 Å². The maximum atomic E-state index is 12.1. The lowest BCUT2D eigenvalue weighted by Gasteiger charge is -2.07. The molecule has 0 aliphatic heterocycles. The van der Waals surface area contributed by atoms with Crippen LogP contribution in [0.2, 0.25) is 0 Å². The zero-order valence-electron chi connectivity index (χ0n) is 15.2. The molecule has 0 bridgehead atoms. The van der Waals surface area contributed by atoms with Crippen molar-refractivity contribution < 1.29 is 23.9 Å². The molecular weight excluding hydrogens is 352 g/mol. The van der Waals surface area contributed by atoms with E-state index in [1.807, 2.05) is 0 Å². The van der Waals surface area contributed by atoms with E-state index in [1.54, 1.807) is 19.9 Å². The molecule has 0 spiro atoms. The van der Waals surface area contributed by atoms with Crippen molar-refractivity contribution >= 4 is 23.7 Å². The average Bonchev–Trinajstić information content (AvgIpc) is 2.65. The minimum Gasteiger partial charge on any atom is -0.462 e. The van der Waals surface area contributed by atoms with Crippen molar-refractivity contribution in [2.45, 2.75) is 13.8 Å². The van der Waals surface area contributed by atoms with Gasteiger partial charge in [-0.25, -0.2) is 9.59 Å². The number of carbonyl (C=O) groups excluding carboxylic acids is 3. The van der Waals surface area contributed by atoms with Crippen LogP contribution in [0.5, 0.6) is 0 Å². The summed E-state index contributed by atoms with van der Waals surface area (Å²) < 4.78 is 9.57. The smallest absolute Gasteiger partial charge is 0.407 e. The van der Waals surface area contributed by atoms with Gasteiger partial charge in [0, 0.05) is 25.0 Å². The van der Waals surface area contributed by atoms with Crippen LogP contribution in [0, 0.1) is 11.3 Å². The van der Waals surface area contributed by atoms with Crippen molar-refractivity contribution in [3.05, 3.63) is 41.6 Å². The largest absolute Gasteiger partial charge is 0.462 e. The molecule has 144 valence electrons. The number of ether oxygens (including phenoxy) is 2. The van der Waals surface area contributed by atoms with Crippen LogP contribution in [0.4, 0.5) is 10.5 Å². The first-order valence-corrected chi connectivity index (χ1v) is 8.34. The summed E-state index contributed by atoms with van der Waals surface area (Å²) >= 11 is 0. The molecule has 0 aliphatic rings. The number of anilines is 1. The summed E-state index contributed by atoms with van der Waals surface area (Å²) in [5.74, 6) is -1.05. The molecule has 27 heavy (non-hydrogen) atoms. The highest BCUT2D eigenvalue weighted by atomic mass is 16.5. The Morgan fingerprint density at radius 2 is 1.74 bits per heavy atom. The number of carbonyl (C=O) groups is 3. The molecule has 0 radical (unpaired) electrons. The van der Waals surface area contributed by atoms with E-state index < -0.39 is 18.0 Å². The van der Waals surface area contributed by atoms with Crippen molar-refractivity contribution in [1.82, 2.24) is 10.6 Å². The number of alkyl carbamates (subject to hydrolysis) is 1. The molecule has 9 nitrogen and oxygen atoms in total. The van der Waals surface area contributed by atoms with Crippen LogP contribution in [-0.4, -0.2) is 44.3 Å². The predicted octanol–water partition coefficient (Wildman–Crippen LogP) is 1.54. The van der Waals surface area contributed by atoms with Gasteiger partial charge in [-0.15, -0.1) is 0 Å². The molecule has 2 amide bonds. The first kappa shape index (κ1) is 21.5. The van der Waals surface area contributed by atoms with Crippen LogP contribution < -0.4 is 16.0 Å². The van der Waals surface area contributed by atoms with Crippen molar-refractivity contribution in [3.63, 3.8) is 0 Å². The molecule has 1 rings (SSSR count). The lowest BCUT2D eigenvalue weighted by molar-refractivity contribution is -0.112. The lowest BCUT2D eigenvalue weighted by Crippen LogP contribution is -2.31. The van der Waals surface area contributed by atoms with Crippen molar-refractivity contribution in [2.75, 3.05) is 31.6 Å². The van der Waals surface area contributed by atoms with E-state index >= 15 is 0 Å². The molecule has 0 saturated carbocycles. The summed E-state index contributed by atoms with van der Waals surface area (Å²) in [6.45, 7) is 4.54. The Balaban J connectivity index is 2.52. The highest BCUT2D eigenvalue weighted by molar-refractivity contribution is 6.06. The van der Waals surface area contributed by atoms with E-state index in [0.717, 1.165) is 0 Å². The van der Waals surface area contributed by atoms with E-state index in [-0.39, 0.29) is 25.3 Å². The molecule has 0 aromatic heterocycles. The standard InChI is InChI=1S/C18H22N4O5/c1-3-26-17(24)13-5-7-15(8-6-13)22-16(23)14(11-19)12-20-9-10-21-18(25)27-4-2/h5-8,12,20H,3-4,9-10H2,1-2H3,(H,21,25)(H,22,23)/b14-12-. The maximum absolute atomic E-state index is 12.1. The fourth-order valence-corrected chi connectivity index (χ4v) is 1.84. The van der Waals surface area contributed by atoms with E-state index in [9.17, 15) is 14.4 Å². The number of amides is 2. The molecule has 0 aliphatic carbocycles. The van der Waals surface area contributed by atoms with Gasteiger partial charge in [0.1, 0.15) is 11.6 Å². The van der Waals surface area contributed by atoms with Crippen LogP contribution in [0.25, 0.3) is 0 Å². The Hall–Kier alpha value is -3.54. The van der Waals surface area contributed by atoms with Gasteiger partial charge in [-0.2, -0.15) is 5.26 Å². The van der Waals surface area contributed by atoms with E-state index in [4.69, 9.17) is 14.7 Å². The number of benzene rings is 1. The summed E-state index contributed by atoms with van der Waals surface area (Å²) in [6, 6.07) is 7.90. The van der Waals surface area contributed by atoms with Gasteiger partial charge in [0.2, 0.25) is 0 Å². The molecule has 1 aromatic rings. The van der Waals surface area contributed by atoms with Crippen molar-refractivity contribution in [1.29, 1.82) is 5.26 Å².